The van der Waals surface area contributed by atoms with E-state index in [1.807, 2.05) is 43.5 Å². The first-order chi connectivity index (χ1) is 19.5. The first-order valence-electron chi connectivity index (χ1n) is 12.5. The van der Waals surface area contributed by atoms with E-state index in [1.165, 1.54) is 30.5 Å². The van der Waals surface area contributed by atoms with Crippen molar-refractivity contribution in [2.24, 2.45) is 5.10 Å². The molecule has 0 aliphatic rings. The van der Waals surface area contributed by atoms with Crippen LogP contribution >= 0.6 is 34.8 Å². The highest BCUT2D eigenvalue weighted by molar-refractivity contribution is 7.92. The molecule has 0 bridgehead atoms. The van der Waals surface area contributed by atoms with Gasteiger partial charge in [-0.15, -0.1) is 0 Å². The first-order valence-corrected chi connectivity index (χ1v) is 15.1. The Bertz CT molecular complexity index is 1690. The summed E-state index contributed by atoms with van der Waals surface area (Å²) in [7, 11) is -4.12. The first kappa shape index (κ1) is 30.5. The highest BCUT2D eigenvalue weighted by Crippen LogP contribution is 2.31. The van der Waals surface area contributed by atoms with Gasteiger partial charge >= 0.3 is 0 Å². The van der Waals surface area contributed by atoms with Crippen molar-refractivity contribution in [3.8, 4) is 11.4 Å². The molecule has 1 N–H and O–H groups in total. The van der Waals surface area contributed by atoms with Crippen LogP contribution in [0.15, 0.2) is 82.8 Å². The Morgan fingerprint density at radius 2 is 1.71 bits per heavy atom. The third-order valence-corrected chi connectivity index (χ3v) is 9.01. The Hall–Kier alpha value is -3.50. The minimum Gasteiger partial charge on any atom is -0.494 e. The smallest absolute Gasteiger partial charge is 0.264 e. The summed E-state index contributed by atoms with van der Waals surface area (Å²) in [5, 5.41) is 5.33. The van der Waals surface area contributed by atoms with E-state index >= 15 is 0 Å². The molecule has 1 heterocycles. The minimum absolute atomic E-state index is 0.0146. The molecule has 4 aromatic rings. The summed E-state index contributed by atoms with van der Waals surface area (Å²) in [6.07, 6.45) is 1.49. The van der Waals surface area contributed by atoms with E-state index in [9.17, 15) is 13.2 Å². The van der Waals surface area contributed by atoms with Crippen LogP contribution in [-0.4, -0.2) is 38.3 Å². The van der Waals surface area contributed by atoms with Crippen molar-refractivity contribution in [3.05, 3.63) is 105 Å². The van der Waals surface area contributed by atoms with Crippen LogP contribution in [0.2, 0.25) is 15.1 Å². The van der Waals surface area contributed by atoms with E-state index in [1.54, 1.807) is 30.3 Å². The van der Waals surface area contributed by atoms with Crippen LogP contribution in [0.25, 0.3) is 5.69 Å². The number of carbonyl (C=O) groups excluding carboxylic acids is 1. The van der Waals surface area contributed by atoms with Gasteiger partial charge in [-0.05, 0) is 87.5 Å². The fourth-order valence-corrected chi connectivity index (χ4v) is 6.14. The molecule has 0 aliphatic heterocycles. The van der Waals surface area contributed by atoms with Crippen LogP contribution in [0.5, 0.6) is 5.75 Å². The quantitative estimate of drug-likeness (QED) is 0.154. The van der Waals surface area contributed by atoms with E-state index in [0.29, 0.717) is 27.4 Å². The number of benzene rings is 3. The van der Waals surface area contributed by atoms with Crippen molar-refractivity contribution in [2.75, 3.05) is 17.5 Å². The van der Waals surface area contributed by atoms with Crippen LogP contribution in [0.1, 0.15) is 23.9 Å². The van der Waals surface area contributed by atoms with E-state index in [-0.39, 0.29) is 10.6 Å². The van der Waals surface area contributed by atoms with Gasteiger partial charge in [0.25, 0.3) is 15.9 Å². The second-order valence-electron chi connectivity index (χ2n) is 8.92. The van der Waals surface area contributed by atoms with E-state index < -0.39 is 22.5 Å². The molecule has 12 heteroatoms. The maximum absolute atomic E-state index is 13.6. The second kappa shape index (κ2) is 13.0. The summed E-state index contributed by atoms with van der Waals surface area (Å²) in [4.78, 5) is 13.0. The lowest BCUT2D eigenvalue weighted by Gasteiger charge is -2.24. The number of ether oxygens (including phenoxy) is 1. The molecule has 4 rings (SSSR count). The predicted molar refractivity (Wildman–Crippen MR) is 165 cm³/mol. The number of hydrogen-bond donors (Lipinski definition) is 1. The molecular formula is C29H27Cl3N4O4S. The number of halogens is 3. The average molecular weight is 634 g/mol. The van der Waals surface area contributed by atoms with E-state index in [0.717, 1.165) is 26.9 Å². The number of sulfonamides is 1. The Morgan fingerprint density at radius 3 is 2.37 bits per heavy atom. The number of anilines is 1. The Kier molecular flexibility index (Phi) is 9.65. The van der Waals surface area contributed by atoms with Crippen molar-refractivity contribution in [1.82, 2.24) is 9.99 Å². The molecule has 0 saturated carbocycles. The van der Waals surface area contributed by atoms with Crippen molar-refractivity contribution in [2.45, 2.75) is 25.7 Å². The van der Waals surface area contributed by atoms with Gasteiger partial charge in [-0.1, -0.05) is 40.9 Å². The van der Waals surface area contributed by atoms with Gasteiger partial charge in [-0.2, -0.15) is 5.10 Å². The number of hydrazone groups is 1. The Morgan fingerprint density at radius 1 is 1.02 bits per heavy atom. The molecule has 214 valence electrons. The molecular weight excluding hydrogens is 607 g/mol. The molecule has 0 spiro atoms. The van der Waals surface area contributed by atoms with E-state index in [2.05, 4.69) is 10.5 Å². The zero-order chi connectivity index (χ0) is 29.7. The number of nitrogens with one attached hydrogen (secondary N) is 1. The molecule has 0 saturated heterocycles. The molecule has 1 aromatic heterocycles. The standard InChI is InChI=1S/C29H27Cl3N4O4S/c1-4-40-24-12-10-23(11-13-24)35(41(38,39)25-14-8-22(30)9-15-25)18-28(37)34-33-17-21-16-19(2)36(20(21)3)27-7-5-6-26(31)29(27)32/h5-17H,4,18H2,1-3H3,(H,34,37)/b33-17+. The third kappa shape index (κ3) is 6.87. The molecule has 3 aromatic carbocycles. The summed E-state index contributed by atoms with van der Waals surface area (Å²) in [5.41, 5.74) is 5.88. The molecule has 0 radical (unpaired) electrons. The second-order valence-corrected chi connectivity index (χ2v) is 12.0. The lowest BCUT2D eigenvalue weighted by molar-refractivity contribution is -0.119. The lowest BCUT2D eigenvalue weighted by Crippen LogP contribution is -2.39. The van der Waals surface area contributed by atoms with Crippen molar-refractivity contribution < 1.29 is 17.9 Å². The molecule has 8 nitrogen and oxygen atoms in total. The molecule has 0 atom stereocenters. The maximum Gasteiger partial charge on any atom is 0.264 e. The largest absolute Gasteiger partial charge is 0.494 e. The van der Waals surface area contributed by atoms with Gasteiger partial charge in [0.15, 0.2) is 0 Å². The Labute approximate surface area is 254 Å². The van der Waals surface area contributed by atoms with Gasteiger partial charge in [-0.3, -0.25) is 9.10 Å². The predicted octanol–water partition coefficient (Wildman–Crippen LogP) is 6.80. The molecule has 0 unspecified atom stereocenters. The number of rotatable bonds is 10. The van der Waals surface area contributed by atoms with Crippen molar-refractivity contribution >= 4 is 62.6 Å². The summed E-state index contributed by atoms with van der Waals surface area (Å²) >= 11 is 18.6. The maximum atomic E-state index is 13.6. The van der Waals surface area contributed by atoms with Crippen LogP contribution in [0.3, 0.4) is 0 Å². The molecule has 41 heavy (non-hydrogen) atoms. The van der Waals surface area contributed by atoms with E-state index in [4.69, 9.17) is 39.5 Å². The fourth-order valence-electron chi connectivity index (χ4n) is 4.22. The van der Waals surface area contributed by atoms with Gasteiger partial charge in [0, 0.05) is 22.0 Å². The summed E-state index contributed by atoms with van der Waals surface area (Å²) < 4.78 is 35.5. The topological polar surface area (TPSA) is 93.0 Å². The number of aromatic nitrogens is 1. The molecule has 1 amide bonds. The van der Waals surface area contributed by atoms with Crippen LogP contribution in [-0.2, 0) is 14.8 Å². The van der Waals surface area contributed by atoms with Crippen molar-refractivity contribution in [3.63, 3.8) is 0 Å². The SMILES string of the molecule is CCOc1ccc(N(CC(=O)N/N=C/c2cc(C)n(-c3cccc(Cl)c3Cl)c2C)S(=O)(=O)c2ccc(Cl)cc2)cc1. The highest BCUT2D eigenvalue weighted by atomic mass is 35.5. The summed E-state index contributed by atoms with van der Waals surface area (Å²) in [6, 6.07) is 19.4. The molecule has 0 aliphatic carbocycles. The van der Waals surface area contributed by atoms with Crippen LogP contribution < -0.4 is 14.5 Å². The third-order valence-electron chi connectivity index (χ3n) is 6.16. The minimum atomic E-state index is -4.12. The number of nitrogens with zero attached hydrogens (tertiary/aromatic N) is 3. The van der Waals surface area contributed by atoms with Crippen molar-refractivity contribution in [1.29, 1.82) is 0 Å². The summed E-state index contributed by atoms with van der Waals surface area (Å²) in [5.74, 6) is -0.0647. The van der Waals surface area contributed by atoms with Gasteiger partial charge in [0.05, 0.1) is 39.1 Å². The average Bonchev–Trinajstić information content (AvgIpc) is 3.22. The number of amides is 1. The highest BCUT2D eigenvalue weighted by Gasteiger charge is 2.27. The molecule has 0 fully saturated rings. The number of hydrogen-bond acceptors (Lipinski definition) is 5. The van der Waals surface area contributed by atoms with Gasteiger partial charge in [0.1, 0.15) is 12.3 Å². The monoisotopic (exact) mass is 632 g/mol. The van der Waals surface area contributed by atoms with Crippen LogP contribution in [0, 0.1) is 13.8 Å². The Balaban J connectivity index is 1.57. The van der Waals surface area contributed by atoms with Gasteiger partial charge in [0.2, 0.25) is 0 Å². The van der Waals surface area contributed by atoms with Crippen LogP contribution in [0.4, 0.5) is 5.69 Å². The summed E-state index contributed by atoms with van der Waals surface area (Å²) in [6.45, 7) is 5.59. The zero-order valence-electron chi connectivity index (χ0n) is 22.4. The zero-order valence-corrected chi connectivity index (χ0v) is 25.5. The van der Waals surface area contributed by atoms with Gasteiger partial charge < -0.3 is 9.30 Å². The fraction of sp³-hybridized carbons (Fsp3) is 0.172. The van der Waals surface area contributed by atoms with Gasteiger partial charge in [-0.25, -0.2) is 13.8 Å². The normalized spacial score (nSPS) is 11.6. The lowest BCUT2D eigenvalue weighted by atomic mass is 10.2. The number of aryl methyl sites for hydroxylation is 1. The number of carbonyl (C=O) groups is 1.